The molecule has 0 spiro atoms. The van der Waals surface area contributed by atoms with E-state index in [2.05, 4.69) is 26.8 Å². The third-order valence-corrected chi connectivity index (χ3v) is 4.37. The highest BCUT2D eigenvalue weighted by atomic mass is 35.5. The summed E-state index contributed by atoms with van der Waals surface area (Å²) >= 11 is 6.27. The molecule has 0 bridgehead atoms. The molecule has 1 aliphatic heterocycles. The van der Waals surface area contributed by atoms with E-state index < -0.39 is 0 Å². The van der Waals surface area contributed by atoms with E-state index >= 15 is 0 Å². The van der Waals surface area contributed by atoms with Gasteiger partial charge in [0.15, 0.2) is 11.5 Å². The van der Waals surface area contributed by atoms with E-state index in [1.807, 2.05) is 6.07 Å². The van der Waals surface area contributed by atoms with Crippen LogP contribution in [0.3, 0.4) is 0 Å². The molecule has 0 amide bonds. The summed E-state index contributed by atoms with van der Waals surface area (Å²) in [6.45, 7) is 8.22. The highest BCUT2D eigenvalue weighted by Gasteiger charge is 2.36. The molecule has 1 aromatic rings. The van der Waals surface area contributed by atoms with E-state index in [1.54, 1.807) is 0 Å². The van der Waals surface area contributed by atoms with Gasteiger partial charge in [0, 0.05) is 11.5 Å². The zero-order chi connectivity index (χ0) is 13.6. The zero-order valence-corrected chi connectivity index (χ0v) is 12.6. The van der Waals surface area contributed by atoms with Crippen LogP contribution in [0, 0.1) is 11.3 Å². The Balaban J connectivity index is 1.90. The lowest BCUT2D eigenvalue weighted by Gasteiger charge is -2.25. The number of hydrogen-bond acceptors (Lipinski definition) is 2. The first kappa shape index (κ1) is 13.1. The average Bonchev–Trinajstić information content (AvgIpc) is 3.03. The summed E-state index contributed by atoms with van der Waals surface area (Å²) in [5.41, 5.74) is 1.43. The maximum Gasteiger partial charge on any atom is 0.180 e. The average molecular weight is 281 g/mol. The summed E-state index contributed by atoms with van der Waals surface area (Å²) < 4.78 is 11.8. The molecule has 3 rings (SSSR count). The second-order valence-electron chi connectivity index (χ2n) is 6.78. The first-order valence-electron chi connectivity index (χ1n) is 7.05. The molecule has 19 heavy (non-hydrogen) atoms. The number of rotatable bonds is 3. The monoisotopic (exact) mass is 280 g/mol. The van der Waals surface area contributed by atoms with Gasteiger partial charge in [-0.2, -0.15) is 0 Å². The molecule has 1 aliphatic carbocycles. The van der Waals surface area contributed by atoms with E-state index in [0.29, 0.717) is 16.9 Å². The molecular weight excluding hydrogens is 260 g/mol. The van der Waals surface area contributed by atoms with Crippen molar-refractivity contribution in [1.29, 1.82) is 0 Å². The minimum atomic E-state index is 0.187. The SMILES string of the molecule is CC(C)(C)[C@@H]1COc2c1ccc(Cl)c2OCC1CC1. The van der Waals surface area contributed by atoms with Gasteiger partial charge in [0.25, 0.3) is 0 Å². The third-order valence-electron chi connectivity index (χ3n) is 4.07. The fourth-order valence-corrected chi connectivity index (χ4v) is 2.77. The second kappa shape index (κ2) is 4.59. The van der Waals surface area contributed by atoms with Gasteiger partial charge in [-0.25, -0.2) is 0 Å². The van der Waals surface area contributed by atoms with Crippen molar-refractivity contribution >= 4 is 11.6 Å². The first-order valence-corrected chi connectivity index (χ1v) is 7.42. The van der Waals surface area contributed by atoms with Crippen molar-refractivity contribution in [3.63, 3.8) is 0 Å². The summed E-state index contributed by atoms with van der Waals surface area (Å²) in [6.07, 6.45) is 2.55. The van der Waals surface area contributed by atoms with Gasteiger partial charge in [-0.15, -0.1) is 0 Å². The summed E-state index contributed by atoms with van der Waals surface area (Å²) in [4.78, 5) is 0. The highest BCUT2D eigenvalue weighted by Crippen LogP contribution is 2.50. The van der Waals surface area contributed by atoms with Gasteiger partial charge in [-0.1, -0.05) is 38.4 Å². The van der Waals surface area contributed by atoms with E-state index in [0.717, 1.165) is 24.7 Å². The molecule has 3 heteroatoms. The van der Waals surface area contributed by atoms with Crippen LogP contribution in [0.2, 0.25) is 5.02 Å². The van der Waals surface area contributed by atoms with Crippen molar-refractivity contribution in [3.8, 4) is 11.5 Å². The van der Waals surface area contributed by atoms with Crippen molar-refractivity contribution in [1.82, 2.24) is 0 Å². The van der Waals surface area contributed by atoms with E-state index in [9.17, 15) is 0 Å². The molecule has 0 saturated heterocycles. The van der Waals surface area contributed by atoms with Crippen molar-refractivity contribution in [2.45, 2.75) is 39.5 Å². The molecule has 1 fully saturated rings. The van der Waals surface area contributed by atoms with Crippen LogP contribution in [0.1, 0.15) is 45.1 Å². The minimum Gasteiger partial charge on any atom is -0.489 e. The minimum absolute atomic E-state index is 0.187. The Morgan fingerprint density at radius 3 is 2.68 bits per heavy atom. The summed E-state index contributed by atoms with van der Waals surface area (Å²) in [7, 11) is 0. The van der Waals surface area contributed by atoms with Crippen LogP contribution in [0.5, 0.6) is 11.5 Å². The Morgan fingerprint density at radius 2 is 2.05 bits per heavy atom. The van der Waals surface area contributed by atoms with Gasteiger partial charge < -0.3 is 9.47 Å². The standard InChI is InChI=1S/C16H21ClO2/c1-16(2,3)12-9-19-14-11(12)6-7-13(17)15(14)18-8-10-4-5-10/h6-7,10,12H,4-5,8-9H2,1-3H3/t12-/m1/s1. The molecule has 1 aromatic carbocycles. The summed E-state index contributed by atoms with van der Waals surface area (Å²) in [5, 5.41) is 0.661. The van der Waals surface area contributed by atoms with Crippen LogP contribution >= 0.6 is 11.6 Å². The van der Waals surface area contributed by atoms with Crippen molar-refractivity contribution in [3.05, 3.63) is 22.7 Å². The molecule has 0 N–H and O–H groups in total. The van der Waals surface area contributed by atoms with Gasteiger partial charge in [0.05, 0.1) is 18.2 Å². The van der Waals surface area contributed by atoms with Crippen molar-refractivity contribution in [2.24, 2.45) is 11.3 Å². The molecule has 1 heterocycles. The van der Waals surface area contributed by atoms with Crippen LogP contribution in [0.25, 0.3) is 0 Å². The smallest absolute Gasteiger partial charge is 0.180 e. The fourth-order valence-electron chi connectivity index (χ4n) is 2.57. The van der Waals surface area contributed by atoms with Crippen LogP contribution < -0.4 is 9.47 Å². The Hall–Kier alpha value is -0.890. The van der Waals surface area contributed by atoms with Gasteiger partial charge >= 0.3 is 0 Å². The molecule has 2 nitrogen and oxygen atoms in total. The Labute approximate surface area is 120 Å². The van der Waals surface area contributed by atoms with E-state index in [-0.39, 0.29) is 5.41 Å². The number of fused-ring (bicyclic) bond motifs is 1. The fraction of sp³-hybridized carbons (Fsp3) is 0.625. The topological polar surface area (TPSA) is 18.5 Å². The lowest BCUT2D eigenvalue weighted by atomic mass is 9.78. The molecule has 0 unspecified atom stereocenters. The Morgan fingerprint density at radius 1 is 1.32 bits per heavy atom. The molecule has 2 aliphatic rings. The van der Waals surface area contributed by atoms with Crippen LogP contribution in [-0.2, 0) is 0 Å². The first-order chi connectivity index (χ1) is 8.97. The summed E-state index contributed by atoms with van der Waals surface area (Å²) in [5.74, 6) is 2.74. The van der Waals surface area contributed by atoms with Gasteiger partial charge in [0.1, 0.15) is 0 Å². The van der Waals surface area contributed by atoms with E-state index in [1.165, 1.54) is 18.4 Å². The lowest BCUT2D eigenvalue weighted by Crippen LogP contribution is -2.19. The van der Waals surface area contributed by atoms with Crippen molar-refractivity contribution < 1.29 is 9.47 Å². The van der Waals surface area contributed by atoms with Gasteiger partial charge in [-0.05, 0) is 30.2 Å². The molecule has 104 valence electrons. The lowest BCUT2D eigenvalue weighted by molar-refractivity contribution is 0.232. The highest BCUT2D eigenvalue weighted by molar-refractivity contribution is 6.32. The number of halogens is 1. The van der Waals surface area contributed by atoms with Gasteiger partial charge in [0.2, 0.25) is 0 Å². The van der Waals surface area contributed by atoms with Crippen LogP contribution in [0.15, 0.2) is 12.1 Å². The Bertz CT molecular complexity index is 486. The Kier molecular flexibility index (Phi) is 3.17. The van der Waals surface area contributed by atoms with Gasteiger partial charge in [-0.3, -0.25) is 0 Å². The molecule has 1 saturated carbocycles. The molecule has 1 atom stereocenters. The van der Waals surface area contributed by atoms with Crippen molar-refractivity contribution in [2.75, 3.05) is 13.2 Å². The maximum atomic E-state index is 6.27. The predicted octanol–water partition coefficient (Wildman–Crippen LogP) is 4.65. The van der Waals surface area contributed by atoms with Crippen LogP contribution in [-0.4, -0.2) is 13.2 Å². The number of hydrogen-bond donors (Lipinski definition) is 0. The molecule has 0 radical (unpaired) electrons. The second-order valence-corrected chi connectivity index (χ2v) is 7.19. The molecular formula is C16H21ClO2. The zero-order valence-electron chi connectivity index (χ0n) is 11.8. The number of benzene rings is 1. The molecule has 0 aromatic heterocycles. The maximum absolute atomic E-state index is 6.27. The third kappa shape index (κ3) is 2.55. The number of ether oxygens (including phenoxy) is 2. The predicted molar refractivity (Wildman–Crippen MR) is 77.4 cm³/mol. The largest absolute Gasteiger partial charge is 0.489 e. The summed E-state index contributed by atoms with van der Waals surface area (Å²) in [6, 6.07) is 4.03. The van der Waals surface area contributed by atoms with Crippen LogP contribution in [0.4, 0.5) is 0 Å². The quantitative estimate of drug-likeness (QED) is 0.802. The normalized spacial score (nSPS) is 22.0. The van der Waals surface area contributed by atoms with E-state index in [4.69, 9.17) is 21.1 Å².